The van der Waals surface area contributed by atoms with E-state index in [0.29, 0.717) is 6.42 Å². The van der Waals surface area contributed by atoms with Crippen LogP contribution in [0.1, 0.15) is 12.0 Å². The van der Waals surface area contributed by atoms with Crippen LogP contribution in [0.2, 0.25) is 0 Å². The minimum Gasteiger partial charge on any atom is -0.508 e. The molecule has 0 atom stereocenters. The molecule has 0 unspecified atom stereocenters. The van der Waals surface area contributed by atoms with Crippen molar-refractivity contribution in [1.82, 2.24) is 0 Å². The van der Waals surface area contributed by atoms with E-state index in [2.05, 4.69) is 22.0 Å². The lowest BCUT2D eigenvalue weighted by Crippen LogP contribution is -1.84. The van der Waals surface area contributed by atoms with E-state index >= 15 is 0 Å². The maximum absolute atomic E-state index is 9.07. The summed E-state index contributed by atoms with van der Waals surface area (Å²) in [6.07, 6.45) is 1.22. The average molecular weight is 226 g/mol. The average Bonchev–Trinajstić information content (AvgIpc) is 2.03. The number of halogens is 1. The molecule has 0 aliphatic heterocycles. The molecule has 3 heteroatoms. The Bertz CT molecular complexity index is 317. The number of hydrogen-bond acceptors (Lipinski definition) is 2. The van der Waals surface area contributed by atoms with E-state index in [1.807, 2.05) is 6.07 Å². The zero-order valence-electron chi connectivity index (χ0n) is 6.42. The molecule has 0 aliphatic carbocycles. The quantitative estimate of drug-likeness (QED) is 0.842. The minimum absolute atomic E-state index is 0.239. The molecule has 0 amide bonds. The fourth-order valence-electron chi connectivity index (χ4n) is 0.930. The van der Waals surface area contributed by atoms with Gasteiger partial charge in [-0.15, -0.1) is 0 Å². The first-order valence-electron chi connectivity index (χ1n) is 3.58. The van der Waals surface area contributed by atoms with Gasteiger partial charge < -0.3 is 5.11 Å². The Hall–Kier alpha value is -1.01. The second kappa shape index (κ2) is 4.13. The first kappa shape index (κ1) is 9.08. The fourth-order valence-corrected chi connectivity index (χ4v) is 1.49. The highest BCUT2D eigenvalue weighted by molar-refractivity contribution is 9.10. The molecular weight excluding hydrogens is 218 g/mol. The van der Waals surface area contributed by atoms with Crippen LogP contribution in [0.4, 0.5) is 0 Å². The lowest BCUT2D eigenvalue weighted by molar-refractivity contribution is 0.474. The molecule has 0 saturated carbocycles. The summed E-state index contributed by atoms with van der Waals surface area (Å²) >= 11 is 3.31. The molecule has 0 bridgehead atoms. The Kier molecular flexibility index (Phi) is 3.12. The van der Waals surface area contributed by atoms with Crippen molar-refractivity contribution in [3.8, 4) is 11.8 Å². The maximum Gasteiger partial charge on any atom is 0.116 e. The molecule has 12 heavy (non-hydrogen) atoms. The van der Waals surface area contributed by atoms with Crippen molar-refractivity contribution in [2.45, 2.75) is 12.8 Å². The van der Waals surface area contributed by atoms with Crippen molar-refractivity contribution in [1.29, 1.82) is 5.26 Å². The molecule has 0 saturated heterocycles. The molecule has 1 N–H and O–H groups in total. The highest BCUT2D eigenvalue weighted by Crippen LogP contribution is 2.22. The van der Waals surface area contributed by atoms with Gasteiger partial charge in [0.2, 0.25) is 0 Å². The largest absolute Gasteiger partial charge is 0.508 e. The number of nitrogens with zero attached hydrogens (tertiary/aromatic N) is 1. The van der Waals surface area contributed by atoms with Crippen LogP contribution >= 0.6 is 15.9 Å². The van der Waals surface area contributed by atoms with Crippen LogP contribution in [0.5, 0.6) is 5.75 Å². The van der Waals surface area contributed by atoms with Gasteiger partial charge in [0.15, 0.2) is 0 Å². The molecule has 62 valence electrons. The summed E-state index contributed by atoms with van der Waals surface area (Å²) in [4.78, 5) is 0. The third-order valence-corrected chi connectivity index (χ3v) is 2.28. The second-order valence-corrected chi connectivity index (χ2v) is 3.29. The number of rotatable bonds is 2. The molecule has 2 nitrogen and oxygen atoms in total. The molecule has 0 aromatic heterocycles. The highest BCUT2D eigenvalue weighted by atomic mass is 79.9. The first-order valence-corrected chi connectivity index (χ1v) is 4.37. The number of aryl methyl sites for hydroxylation is 1. The van der Waals surface area contributed by atoms with Crippen molar-refractivity contribution in [3.05, 3.63) is 28.2 Å². The highest BCUT2D eigenvalue weighted by Gasteiger charge is 1.99. The smallest absolute Gasteiger partial charge is 0.116 e. The predicted octanol–water partition coefficient (Wildman–Crippen LogP) is 2.61. The van der Waals surface area contributed by atoms with Crippen LogP contribution in [0.3, 0.4) is 0 Å². The van der Waals surface area contributed by atoms with Gasteiger partial charge in [-0.25, -0.2) is 0 Å². The second-order valence-electron chi connectivity index (χ2n) is 2.43. The third kappa shape index (κ3) is 2.24. The number of phenols is 1. The van der Waals surface area contributed by atoms with E-state index in [0.717, 1.165) is 16.5 Å². The molecule has 0 radical (unpaired) electrons. The summed E-state index contributed by atoms with van der Waals surface area (Å²) in [5, 5.41) is 17.4. The lowest BCUT2D eigenvalue weighted by Gasteiger charge is -2.01. The number of nitriles is 1. The number of phenolic OH excluding ortho intramolecular Hbond substituents is 1. The van der Waals surface area contributed by atoms with Crippen molar-refractivity contribution >= 4 is 15.9 Å². The van der Waals surface area contributed by atoms with E-state index < -0.39 is 0 Å². The molecule has 1 aromatic rings. The van der Waals surface area contributed by atoms with Gasteiger partial charge in [0.25, 0.3) is 0 Å². The Labute approximate surface area is 79.6 Å². The van der Waals surface area contributed by atoms with Crippen LogP contribution in [-0.2, 0) is 6.42 Å². The van der Waals surface area contributed by atoms with E-state index in [-0.39, 0.29) is 5.75 Å². The number of benzene rings is 1. The van der Waals surface area contributed by atoms with Crippen molar-refractivity contribution in [3.63, 3.8) is 0 Å². The van der Waals surface area contributed by atoms with Gasteiger partial charge in [-0.2, -0.15) is 5.26 Å². The van der Waals surface area contributed by atoms with Crippen LogP contribution in [-0.4, -0.2) is 5.11 Å². The number of aromatic hydroxyl groups is 1. The van der Waals surface area contributed by atoms with Gasteiger partial charge in [-0.3, -0.25) is 0 Å². The molecule has 1 rings (SSSR count). The van der Waals surface area contributed by atoms with Crippen LogP contribution in [0, 0.1) is 11.3 Å². The zero-order chi connectivity index (χ0) is 8.97. The van der Waals surface area contributed by atoms with Gasteiger partial charge in [0.05, 0.1) is 6.07 Å². The van der Waals surface area contributed by atoms with Gasteiger partial charge >= 0.3 is 0 Å². The van der Waals surface area contributed by atoms with Crippen molar-refractivity contribution in [2.24, 2.45) is 0 Å². The molecule has 0 fully saturated rings. The first-order chi connectivity index (χ1) is 5.74. The normalized spacial score (nSPS) is 9.33. The molecule has 0 heterocycles. The summed E-state index contributed by atoms with van der Waals surface area (Å²) in [7, 11) is 0. The summed E-state index contributed by atoms with van der Waals surface area (Å²) < 4.78 is 0.859. The summed E-state index contributed by atoms with van der Waals surface area (Å²) in [5.41, 5.74) is 1.05. The van der Waals surface area contributed by atoms with E-state index in [1.54, 1.807) is 12.1 Å². The SMILES string of the molecule is N#CCCc1ccc(O)cc1Br. The molecular formula is C9H8BrNO. The Balaban J connectivity index is 2.81. The minimum atomic E-state index is 0.239. The maximum atomic E-state index is 9.07. The van der Waals surface area contributed by atoms with E-state index in [1.165, 1.54) is 0 Å². The Morgan fingerprint density at radius 1 is 1.50 bits per heavy atom. The van der Waals surface area contributed by atoms with E-state index in [9.17, 15) is 0 Å². The van der Waals surface area contributed by atoms with Crippen LogP contribution < -0.4 is 0 Å². The van der Waals surface area contributed by atoms with Gasteiger partial charge in [0, 0.05) is 10.9 Å². The van der Waals surface area contributed by atoms with Gasteiger partial charge in [-0.05, 0) is 24.1 Å². The van der Waals surface area contributed by atoms with Crippen molar-refractivity contribution < 1.29 is 5.11 Å². The van der Waals surface area contributed by atoms with Crippen molar-refractivity contribution in [2.75, 3.05) is 0 Å². The van der Waals surface area contributed by atoms with Gasteiger partial charge in [-0.1, -0.05) is 22.0 Å². The standard InChI is InChI=1S/C9H8BrNO/c10-9-6-8(12)4-3-7(9)2-1-5-11/h3-4,6,12H,1-2H2. The monoisotopic (exact) mass is 225 g/mol. The lowest BCUT2D eigenvalue weighted by atomic mass is 10.1. The van der Waals surface area contributed by atoms with Crippen LogP contribution in [0.15, 0.2) is 22.7 Å². The molecule has 1 aromatic carbocycles. The zero-order valence-corrected chi connectivity index (χ0v) is 8.00. The molecule has 0 spiro atoms. The Morgan fingerprint density at radius 3 is 2.83 bits per heavy atom. The van der Waals surface area contributed by atoms with E-state index in [4.69, 9.17) is 10.4 Å². The topological polar surface area (TPSA) is 44.0 Å². The summed E-state index contributed by atoms with van der Waals surface area (Å²) in [6.45, 7) is 0. The Morgan fingerprint density at radius 2 is 2.25 bits per heavy atom. The predicted molar refractivity (Wildman–Crippen MR) is 49.7 cm³/mol. The van der Waals surface area contributed by atoms with Gasteiger partial charge in [0.1, 0.15) is 5.75 Å². The molecule has 0 aliphatic rings. The fraction of sp³-hybridized carbons (Fsp3) is 0.222. The number of hydrogen-bond donors (Lipinski definition) is 1. The summed E-state index contributed by atoms with van der Waals surface area (Å²) in [5.74, 6) is 0.239. The summed E-state index contributed by atoms with van der Waals surface area (Å²) in [6, 6.07) is 7.15. The van der Waals surface area contributed by atoms with Crippen LogP contribution in [0.25, 0.3) is 0 Å². The third-order valence-electron chi connectivity index (χ3n) is 1.54.